The van der Waals surface area contributed by atoms with Crippen molar-refractivity contribution in [2.75, 3.05) is 67.1 Å². The van der Waals surface area contributed by atoms with Crippen molar-refractivity contribution >= 4 is 94.2 Å². The van der Waals surface area contributed by atoms with E-state index in [4.69, 9.17) is 87.2 Å². The van der Waals surface area contributed by atoms with Crippen LogP contribution < -0.4 is 74.1 Å². The zero-order valence-corrected chi connectivity index (χ0v) is 65.1. The molecule has 4 fully saturated rings. The van der Waals surface area contributed by atoms with Crippen molar-refractivity contribution < 1.29 is 57.2 Å². The monoisotopic (exact) mass is 1560 g/mol. The summed E-state index contributed by atoms with van der Waals surface area (Å²) in [5.41, 5.74) is 30.4. The lowest BCUT2D eigenvalue weighted by atomic mass is 10.0. The fourth-order valence-electron chi connectivity index (χ4n) is 11.4. The van der Waals surface area contributed by atoms with E-state index in [-0.39, 0.29) is 51.6 Å². The van der Waals surface area contributed by atoms with E-state index in [2.05, 4.69) is 51.0 Å². The Morgan fingerprint density at radius 3 is 1.13 bits per heavy atom. The van der Waals surface area contributed by atoms with Gasteiger partial charge in [-0.1, -0.05) is 95.5 Å². The first-order chi connectivity index (χ1) is 52.0. The minimum absolute atomic E-state index is 0.0430. The molecule has 12 rings (SSSR count). The molecular weight excluding hydrogens is 1470 g/mol. The third-order valence-corrected chi connectivity index (χ3v) is 17.5. The van der Waals surface area contributed by atoms with Crippen molar-refractivity contribution in [3.63, 3.8) is 0 Å². The van der Waals surface area contributed by atoms with Gasteiger partial charge in [-0.15, -0.1) is 0 Å². The lowest BCUT2D eigenvalue weighted by Crippen LogP contribution is -2.40. The quantitative estimate of drug-likeness (QED) is 0.0320. The molecule has 14 N–H and O–H groups in total. The van der Waals surface area contributed by atoms with Crippen molar-refractivity contribution in [3.8, 4) is 45.3 Å². The number of hydrogen-bond acceptors (Lipinski definition) is 21. The predicted molar refractivity (Wildman–Crippen MR) is 425 cm³/mol. The topological polar surface area (TPSA) is 405 Å². The summed E-state index contributed by atoms with van der Waals surface area (Å²) < 4.78 is 27.5. The summed E-state index contributed by atoms with van der Waals surface area (Å²) in [6.45, 7) is 22.5. The van der Waals surface area contributed by atoms with Crippen molar-refractivity contribution in [1.29, 1.82) is 0 Å². The van der Waals surface area contributed by atoms with Crippen LogP contribution >= 0.6 is 34.8 Å². The third-order valence-electron chi connectivity index (χ3n) is 16.5. The van der Waals surface area contributed by atoms with Gasteiger partial charge in [-0.05, 0) is 178 Å². The number of primary amides is 4. The molecule has 28 nitrogen and oxygen atoms in total. The Balaban J connectivity index is 0.000000183. The second-order valence-electron chi connectivity index (χ2n) is 29.0. The average Bonchev–Trinajstić information content (AvgIpc) is 1.41. The Morgan fingerprint density at radius 2 is 0.773 bits per heavy atom. The molecule has 0 radical (unpaired) electrons. The molecule has 110 heavy (non-hydrogen) atoms. The Morgan fingerprint density at radius 1 is 0.427 bits per heavy atom. The number of amides is 7. The minimum atomic E-state index is -0.573. The largest absolute Gasteiger partial charge is 0.457 e. The van der Waals surface area contributed by atoms with Gasteiger partial charge in [-0.25, -0.2) is 34.3 Å². The van der Waals surface area contributed by atoms with E-state index in [1.807, 2.05) is 176 Å². The molecule has 0 bridgehead atoms. The van der Waals surface area contributed by atoms with Gasteiger partial charge in [0.05, 0.1) is 44.4 Å². The Bertz CT molecular complexity index is 4470. The maximum Gasteiger partial charge on any atom is 0.407 e. The highest BCUT2D eigenvalue weighted by Gasteiger charge is 2.32. The van der Waals surface area contributed by atoms with Crippen molar-refractivity contribution in [3.05, 3.63) is 196 Å². The number of para-hydroxylation sites is 2. The fourth-order valence-corrected chi connectivity index (χ4v) is 12.0. The summed E-state index contributed by atoms with van der Waals surface area (Å²) in [5.74, 6) is 2.89. The minimum Gasteiger partial charge on any atom is -0.457 e. The van der Waals surface area contributed by atoms with Crippen LogP contribution in [0.15, 0.2) is 158 Å². The van der Waals surface area contributed by atoms with Gasteiger partial charge in [0.2, 0.25) is 23.6 Å². The molecule has 8 heterocycles. The molecule has 4 atom stereocenters. The van der Waals surface area contributed by atoms with Gasteiger partial charge in [0.25, 0.3) is 0 Å². The maximum atomic E-state index is 12.2. The van der Waals surface area contributed by atoms with Crippen LogP contribution in [0.2, 0.25) is 15.2 Å². The summed E-state index contributed by atoms with van der Waals surface area (Å²) in [6, 6.07) is 41.1. The molecule has 4 saturated heterocycles. The van der Waals surface area contributed by atoms with E-state index in [9.17, 15) is 33.6 Å². The predicted octanol–water partition coefficient (Wildman–Crippen LogP) is 12.2. The molecule has 0 saturated carbocycles. The lowest BCUT2D eigenvalue weighted by Gasteiger charge is -2.23. The molecule has 0 aliphatic carbocycles. The van der Waals surface area contributed by atoms with E-state index in [1.165, 1.54) is 36.9 Å². The number of nitrogens with one attached hydrogen (secondary N) is 4. The summed E-state index contributed by atoms with van der Waals surface area (Å²) in [4.78, 5) is 104. The smallest absolute Gasteiger partial charge is 0.407 e. The van der Waals surface area contributed by atoms with Gasteiger partial charge in [0.15, 0.2) is 0 Å². The third kappa shape index (κ3) is 27.0. The van der Waals surface area contributed by atoms with Gasteiger partial charge in [-0.2, -0.15) is 0 Å². The number of alkyl carbamates (subject to hydrolysis) is 3. The molecule has 4 aromatic carbocycles. The van der Waals surface area contributed by atoms with Crippen LogP contribution in [-0.2, 0) is 14.2 Å². The van der Waals surface area contributed by atoms with Crippen LogP contribution in [0.4, 0.5) is 31.8 Å². The Kier molecular flexibility index (Phi) is 29.9. The van der Waals surface area contributed by atoms with Crippen molar-refractivity contribution in [2.24, 2.45) is 28.7 Å². The number of aromatic nitrogens is 4. The van der Waals surface area contributed by atoms with Gasteiger partial charge < -0.3 is 88.3 Å². The highest BCUT2D eigenvalue weighted by Crippen LogP contribution is 2.37. The first-order valence-electron chi connectivity index (χ1n) is 35.5. The van der Waals surface area contributed by atoms with Crippen LogP contribution in [0, 0.1) is 0 Å². The maximum absolute atomic E-state index is 12.2. The number of pyridine rings is 4. The van der Waals surface area contributed by atoms with Crippen LogP contribution in [0.1, 0.15) is 129 Å². The number of nitrogens with two attached hydrogens (primary N) is 5. The zero-order valence-electron chi connectivity index (χ0n) is 62.9. The van der Waals surface area contributed by atoms with Crippen LogP contribution in [0.5, 0.6) is 23.0 Å². The summed E-state index contributed by atoms with van der Waals surface area (Å²) in [7, 11) is 0. The van der Waals surface area contributed by atoms with Gasteiger partial charge in [0.1, 0.15) is 62.4 Å². The fraction of sp³-hybridized carbons (Fsp3) is 0.354. The molecule has 7 amide bonds. The SMILES string of the molecule is CC(C)(C)OC(=O)N[C@H]1CCN(c2ncc(C(N)=O)cc2-c2ccc(Oc3ccccc3)cc2)C1.CC(C)(C)OC(=O)N[C@H]1CCN(c2ncc(C(N)=O)cc2Cl)C1.CC(C)(C)OC(=O)N[C@H]1CCNC1.NC(=O)c1cnc(Cl)c(Cl)c1.NC(=O)c1cnc(N2CC[C@H](N)C2)c(-c2ccc(Oc3ccccc3)cc2)c1. The molecule has 4 aliphatic rings. The number of halogens is 3. The summed E-state index contributed by atoms with van der Waals surface area (Å²) in [5, 5.41) is 12.5. The first-order valence-corrected chi connectivity index (χ1v) is 36.7. The Hall–Kier alpha value is -11.0. The zero-order chi connectivity index (χ0) is 80.0. The Labute approximate surface area is 654 Å². The van der Waals surface area contributed by atoms with Crippen molar-refractivity contribution in [2.45, 2.75) is 129 Å². The average molecular weight is 1570 g/mol. The molecule has 0 spiro atoms. The second-order valence-corrected chi connectivity index (χ2v) is 30.2. The van der Waals surface area contributed by atoms with Crippen molar-refractivity contribution in [1.82, 2.24) is 41.2 Å². The summed E-state index contributed by atoms with van der Waals surface area (Å²) >= 11 is 17.2. The van der Waals surface area contributed by atoms with E-state index >= 15 is 0 Å². The number of benzene rings is 4. The van der Waals surface area contributed by atoms with Crippen LogP contribution in [0.3, 0.4) is 0 Å². The van der Waals surface area contributed by atoms with Gasteiger partial charge in [-0.3, -0.25) is 19.2 Å². The number of rotatable bonds is 16. The molecular formula is C79H95Cl3N16O12. The second kappa shape index (κ2) is 38.9. The standard InChI is InChI=1S/C27H30N4O4.C22H22N4O2.C15H21ClN4O3.C9H18N2O2.C6H4Cl2N2O/c1-27(2,3)35-26(33)30-20-13-14-31(17-20)25-23(15-19(16-29-25)24(28)32)18-9-11-22(12-10-18)34-21-7-5-4-6-8-21;23-17-10-11-26(14-17)22-20(12-16(13-25-22)21(24)27)15-6-8-19(9-7-15)28-18-4-2-1-3-5-18;1-15(2,3)23-14(22)19-10-4-5-20(8-10)13-11(16)6-9(7-18-13)12(17)21;1-9(2,3)13-8(12)11-7-4-5-10-6-7;7-4-1-3(6(9)11)2-10-5(4)8/h4-12,15-16,20H,13-14,17H2,1-3H3,(H2,28,32)(H,30,33);1-9,12-13,17H,10-11,14,23H2,(H2,24,27);6-7,10H,4-5,8H2,1-3H3,(H2,17,21)(H,19,22);7,10H,4-6H2,1-3H3,(H,11,12);1-2H,(H2,9,11)/t20-;17-;10-;7-;/m0000./s1. The number of nitrogens with zero attached hydrogens (tertiary/aromatic N) is 7. The molecule has 4 aliphatic heterocycles. The van der Waals surface area contributed by atoms with Gasteiger partial charge in [0, 0.05) is 93.8 Å². The molecule has 4 aromatic heterocycles. The van der Waals surface area contributed by atoms with E-state index in [0.29, 0.717) is 53.9 Å². The highest BCUT2D eigenvalue weighted by atomic mass is 35.5. The molecule has 0 unspecified atom stereocenters. The molecule has 584 valence electrons. The van der Waals surface area contributed by atoms with Gasteiger partial charge >= 0.3 is 18.3 Å². The first kappa shape index (κ1) is 84.6. The van der Waals surface area contributed by atoms with E-state index in [0.717, 1.165) is 103 Å². The number of anilines is 3. The van der Waals surface area contributed by atoms with Crippen LogP contribution in [0.25, 0.3) is 22.3 Å². The normalized spacial score (nSPS) is 16.5. The van der Waals surface area contributed by atoms with E-state index in [1.54, 1.807) is 12.1 Å². The molecule has 8 aromatic rings. The van der Waals surface area contributed by atoms with E-state index < -0.39 is 52.6 Å². The number of carbonyl (C=O) groups excluding carboxylic acids is 7. The number of ether oxygens (including phenoxy) is 5. The van der Waals surface area contributed by atoms with Crippen LogP contribution in [-0.4, -0.2) is 155 Å². The highest BCUT2D eigenvalue weighted by molar-refractivity contribution is 6.41. The molecule has 31 heteroatoms. The number of carbonyl (C=O) groups is 7. The summed E-state index contributed by atoms with van der Waals surface area (Å²) in [6.07, 6.45) is 7.91. The number of hydrogen-bond donors (Lipinski definition) is 9. The lowest BCUT2D eigenvalue weighted by molar-refractivity contribution is 0.0496.